The molecular formula is C18H32N2O. The molecule has 0 radical (unpaired) electrons. The van der Waals surface area contributed by atoms with Crippen LogP contribution in [0.2, 0.25) is 0 Å². The highest BCUT2D eigenvalue weighted by atomic mass is 16.2. The van der Waals surface area contributed by atoms with Gasteiger partial charge in [-0.2, -0.15) is 0 Å². The molecule has 2 aliphatic heterocycles. The zero-order valence-corrected chi connectivity index (χ0v) is 13.9. The molecule has 3 heteroatoms. The molecule has 0 aromatic rings. The second-order valence-electron chi connectivity index (χ2n) is 8.20. The van der Waals surface area contributed by atoms with E-state index in [1.54, 1.807) is 0 Å². The molecule has 0 bridgehead atoms. The van der Waals surface area contributed by atoms with Crippen LogP contribution in [0.25, 0.3) is 0 Å². The molecule has 120 valence electrons. The molecule has 1 atom stereocenters. The summed E-state index contributed by atoms with van der Waals surface area (Å²) in [5.41, 5.74) is 0.00179. The highest BCUT2D eigenvalue weighted by molar-refractivity contribution is 5.89. The molecule has 1 spiro atoms. The number of likely N-dealkylation sites (tertiary alicyclic amines) is 2. The van der Waals surface area contributed by atoms with Crippen LogP contribution in [-0.4, -0.2) is 48.4 Å². The third-order valence-corrected chi connectivity index (χ3v) is 5.72. The summed E-state index contributed by atoms with van der Waals surface area (Å²) >= 11 is 0. The fraction of sp³-hybridized carbons (Fsp3) is 0.944. The molecule has 1 unspecified atom stereocenters. The van der Waals surface area contributed by atoms with Crippen molar-refractivity contribution in [3.63, 3.8) is 0 Å². The molecular weight excluding hydrogens is 260 g/mol. The van der Waals surface area contributed by atoms with Crippen molar-refractivity contribution in [3.8, 4) is 0 Å². The minimum atomic E-state index is 0.00179. The lowest BCUT2D eigenvalue weighted by atomic mass is 9.71. The van der Waals surface area contributed by atoms with E-state index in [9.17, 15) is 4.79 Å². The molecule has 1 saturated carbocycles. The van der Waals surface area contributed by atoms with Gasteiger partial charge < -0.3 is 9.80 Å². The Balaban J connectivity index is 1.52. The monoisotopic (exact) mass is 292 g/mol. The van der Waals surface area contributed by atoms with Crippen molar-refractivity contribution in [1.82, 2.24) is 9.80 Å². The SMILES string of the molecule is CC(C)CN1CCCC2(C1)CN(CC1CCCCC1)C2=O. The van der Waals surface area contributed by atoms with Crippen LogP contribution in [0.3, 0.4) is 0 Å². The third-order valence-electron chi connectivity index (χ3n) is 5.72. The molecule has 0 aromatic carbocycles. The summed E-state index contributed by atoms with van der Waals surface area (Å²) in [5, 5.41) is 0. The van der Waals surface area contributed by atoms with Crippen LogP contribution in [0.4, 0.5) is 0 Å². The summed E-state index contributed by atoms with van der Waals surface area (Å²) in [5.74, 6) is 1.96. The van der Waals surface area contributed by atoms with Crippen LogP contribution in [0, 0.1) is 17.3 Å². The zero-order chi connectivity index (χ0) is 14.9. The fourth-order valence-corrected chi connectivity index (χ4v) is 4.78. The van der Waals surface area contributed by atoms with Gasteiger partial charge in [0.2, 0.25) is 5.91 Å². The number of amides is 1. The van der Waals surface area contributed by atoms with E-state index in [4.69, 9.17) is 0 Å². The number of β-lactam (4-membered cyclic amide) rings is 1. The number of hydrogen-bond donors (Lipinski definition) is 0. The van der Waals surface area contributed by atoms with Gasteiger partial charge >= 0.3 is 0 Å². The van der Waals surface area contributed by atoms with Crippen molar-refractivity contribution in [1.29, 1.82) is 0 Å². The van der Waals surface area contributed by atoms with Gasteiger partial charge in [0.25, 0.3) is 0 Å². The summed E-state index contributed by atoms with van der Waals surface area (Å²) in [7, 11) is 0. The van der Waals surface area contributed by atoms with Crippen LogP contribution in [0.5, 0.6) is 0 Å². The van der Waals surface area contributed by atoms with Gasteiger partial charge in [-0.3, -0.25) is 4.79 Å². The molecule has 0 N–H and O–H groups in total. The van der Waals surface area contributed by atoms with E-state index in [1.165, 1.54) is 45.1 Å². The van der Waals surface area contributed by atoms with E-state index in [0.717, 1.165) is 38.5 Å². The Kier molecular flexibility index (Phi) is 4.58. The first-order chi connectivity index (χ1) is 10.1. The van der Waals surface area contributed by atoms with Crippen molar-refractivity contribution >= 4 is 5.91 Å². The number of carbonyl (C=O) groups is 1. The molecule has 21 heavy (non-hydrogen) atoms. The average molecular weight is 292 g/mol. The second kappa shape index (κ2) is 6.28. The summed E-state index contributed by atoms with van der Waals surface area (Å²) in [6.45, 7) is 10.00. The highest BCUT2D eigenvalue weighted by Crippen LogP contribution is 2.41. The number of rotatable bonds is 4. The van der Waals surface area contributed by atoms with Gasteiger partial charge in [0, 0.05) is 26.2 Å². The van der Waals surface area contributed by atoms with Crippen LogP contribution >= 0.6 is 0 Å². The first-order valence-corrected chi connectivity index (χ1v) is 9.11. The summed E-state index contributed by atoms with van der Waals surface area (Å²) in [6, 6.07) is 0. The molecule has 2 saturated heterocycles. The Morgan fingerprint density at radius 1 is 1.14 bits per heavy atom. The maximum absolute atomic E-state index is 12.7. The van der Waals surface area contributed by atoms with E-state index >= 15 is 0 Å². The lowest BCUT2D eigenvalue weighted by molar-refractivity contribution is -0.167. The first-order valence-electron chi connectivity index (χ1n) is 9.11. The van der Waals surface area contributed by atoms with Crippen LogP contribution in [-0.2, 0) is 4.79 Å². The topological polar surface area (TPSA) is 23.6 Å². The predicted molar refractivity (Wildman–Crippen MR) is 86.1 cm³/mol. The largest absolute Gasteiger partial charge is 0.341 e. The van der Waals surface area contributed by atoms with Crippen molar-refractivity contribution in [3.05, 3.63) is 0 Å². The van der Waals surface area contributed by atoms with Gasteiger partial charge in [0.05, 0.1) is 5.41 Å². The highest BCUT2D eigenvalue weighted by Gasteiger charge is 2.53. The fourth-order valence-electron chi connectivity index (χ4n) is 4.78. The smallest absolute Gasteiger partial charge is 0.231 e. The summed E-state index contributed by atoms with van der Waals surface area (Å²) in [4.78, 5) is 17.5. The quantitative estimate of drug-likeness (QED) is 0.743. The number of carbonyl (C=O) groups excluding carboxylic acids is 1. The summed E-state index contributed by atoms with van der Waals surface area (Å²) < 4.78 is 0. The van der Waals surface area contributed by atoms with Crippen LogP contribution in [0.1, 0.15) is 58.8 Å². The Labute approximate surface area is 130 Å². The van der Waals surface area contributed by atoms with E-state index in [-0.39, 0.29) is 5.41 Å². The maximum atomic E-state index is 12.7. The molecule has 3 nitrogen and oxygen atoms in total. The number of piperidine rings is 1. The van der Waals surface area contributed by atoms with Gasteiger partial charge in [0.15, 0.2) is 0 Å². The van der Waals surface area contributed by atoms with E-state index < -0.39 is 0 Å². The predicted octanol–water partition coefficient (Wildman–Crippen LogP) is 3.15. The van der Waals surface area contributed by atoms with E-state index in [2.05, 4.69) is 23.6 Å². The number of hydrogen-bond acceptors (Lipinski definition) is 2. The van der Waals surface area contributed by atoms with Gasteiger partial charge in [-0.1, -0.05) is 33.1 Å². The minimum Gasteiger partial charge on any atom is -0.341 e. The van der Waals surface area contributed by atoms with E-state index in [0.29, 0.717) is 11.8 Å². The summed E-state index contributed by atoms with van der Waals surface area (Å²) in [6.07, 6.45) is 9.17. The Morgan fingerprint density at radius 2 is 1.90 bits per heavy atom. The van der Waals surface area contributed by atoms with Gasteiger partial charge in [-0.15, -0.1) is 0 Å². The third kappa shape index (κ3) is 3.28. The minimum absolute atomic E-state index is 0.00179. The van der Waals surface area contributed by atoms with Crippen LogP contribution < -0.4 is 0 Å². The lowest BCUT2D eigenvalue weighted by Crippen LogP contribution is -2.67. The molecule has 1 amide bonds. The Hall–Kier alpha value is -0.570. The standard InChI is InChI=1S/C18H32N2O/c1-15(2)11-19-10-6-9-18(13-19)14-20(17(18)21)12-16-7-4-3-5-8-16/h15-16H,3-14H2,1-2H3. The van der Waals surface area contributed by atoms with Crippen LogP contribution in [0.15, 0.2) is 0 Å². The number of nitrogens with zero attached hydrogens (tertiary/aromatic N) is 2. The molecule has 1 aliphatic carbocycles. The molecule has 3 rings (SSSR count). The lowest BCUT2D eigenvalue weighted by Gasteiger charge is -2.54. The Bertz CT molecular complexity index is 375. The average Bonchev–Trinajstić information content (AvgIpc) is 2.47. The normalized spacial score (nSPS) is 32.0. The van der Waals surface area contributed by atoms with Gasteiger partial charge in [-0.05, 0) is 44.1 Å². The van der Waals surface area contributed by atoms with Crippen molar-refractivity contribution in [2.24, 2.45) is 17.3 Å². The van der Waals surface area contributed by atoms with Crippen molar-refractivity contribution in [2.75, 3.05) is 32.7 Å². The van der Waals surface area contributed by atoms with E-state index in [1.807, 2.05) is 0 Å². The van der Waals surface area contributed by atoms with Crippen molar-refractivity contribution < 1.29 is 4.79 Å². The molecule has 3 aliphatic rings. The molecule has 2 heterocycles. The maximum Gasteiger partial charge on any atom is 0.231 e. The van der Waals surface area contributed by atoms with Gasteiger partial charge in [-0.25, -0.2) is 0 Å². The van der Waals surface area contributed by atoms with Gasteiger partial charge in [0.1, 0.15) is 0 Å². The Morgan fingerprint density at radius 3 is 2.57 bits per heavy atom. The molecule has 3 fully saturated rings. The molecule has 0 aromatic heterocycles. The van der Waals surface area contributed by atoms with Crippen molar-refractivity contribution in [2.45, 2.75) is 58.8 Å². The zero-order valence-electron chi connectivity index (χ0n) is 13.9. The second-order valence-corrected chi connectivity index (χ2v) is 8.20. The first kappa shape index (κ1) is 15.3.